The van der Waals surface area contributed by atoms with Crippen molar-refractivity contribution in [1.82, 2.24) is 0 Å². The molecule has 0 fully saturated rings. The molecule has 0 radical (unpaired) electrons. The number of thioether (sulfide) groups is 1. The van der Waals surface area contributed by atoms with Crippen LogP contribution in [-0.4, -0.2) is 17.6 Å². The molecule has 148 valence electrons. The molecule has 3 rings (SSSR count). The number of anilines is 2. The number of carbonyl (C=O) groups excluding carboxylic acids is 2. The summed E-state index contributed by atoms with van der Waals surface area (Å²) in [6, 6.07) is 20.9. The van der Waals surface area contributed by atoms with Crippen LogP contribution in [0, 0.1) is 20.8 Å². The van der Waals surface area contributed by atoms with E-state index in [1.807, 2.05) is 81.4 Å². The van der Waals surface area contributed by atoms with Crippen molar-refractivity contribution in [2.45, 2.75) is 25.7 Å². The third-order valence-corrected chi connectivity index (χ3v) is 5.65. The van der Waals surface area contributed by atoms with Crippen LogP contribution in [0.3, 0.4) is 0 Å². The van der Waals surface area contributed by atoms with Crippen molar-refractivity contribution in [3.05, 3.63) is 89.0 Å². The Hall–Kier alpha value is -3.05. The third-order valence-electron chi connectivity index (χ3n) is 4.64. The molecule has 0 aliphatic heterocycles. The fraction of sp³-hybridized carbons (Fsp3) is 0.167. The van der Waals surface area contributed by atoms with Crippen LogP contribution in [0.5, 0.6) is 0 Å². The zero-order valence-electron chi connectivity index (χ0n) is 16.8. The molecule has 2 amide bonds. The van der Waals surface area contributed by atoms with E-state index in [-0.39, 0.29) is 11.8 Å². The van der Waals surface area contributed by atoms with Gasteiger partial charge in [-0.25, -0.2) is 0 Å². The molecular weight excluding hydrogens is 380 g/mol. The first-order valence-corrected chi connectivity index (χ1v) is 10.4. The summed E-state index contributed by atoms with van der Waals surface area (Å²) in [6.07, 6.45) is 0. The molecule has 4 nitrogen and oxygen atoms in total. The van der Waals surface area contributed by atoms with Gasteiger partial charge in [-0.2, -0.15) is 0 Å². The van der Waals surface area contributed by atoms with Crippen molar-refractivity contribution in [3.8, 4) is 0 Å². The maximum atomic E-state index is 12.3. The fourth-order valence-corrected chi connectivity index (χ4v) is 3.54. The van der Waals surface area contributed by atoms with Gasteiger partial charge in [-0.1, -0.05) is 29.8 Å². The lowest BCUT2D eigenvalue weighted by atomic mass is 10.1. The van der Waals surface area contributed by atoms with Crippen LogP contribution >= 0.6 is 11.8 Å². The molecule has 29 heavy (non-hydrogen) atoms. The molecule has 0 aromatic heterocycles. The van der Waals surface area contributed by atoms with Gasteiger partial charge in [0.1, 0.15) is 0 Å². The van der Waals surface area contributed by atoms with Gasteiger partial charge in [0.15, 0.2) is 0 Å². The number of carbonyl (C=O) groups is 2. The fourth-order valence-electron chi connectivity index (χ4n) is 2.85. The van der Waals surface area contributed by atoms with Crippen molar-refractivity contribution >= 4 is 35.0 Å². The SMILES string of the molecule is Cc1cccc(C(=O)Nc2ccc(SCC(=O)Nc3cccc(C)c3C)cc2)c1. The number of hydrogen-bond acceptors (Lipinski definition) is 3. The zero-order chi connectivity index (χ0) is 20.8. The maximum absolute atomic E-state index is 12.3. The minimum Gasteiger partial charge on any atom is -0.325 e. The van der Waals surface area contributed by atoms with Gasteiger partial charge in [0.05, 0.1) is 5.75 Å². The molecule has 5 heteroatoms. The van der Waals surface area contributed by atoms with Crippen molar-refractivity contribution in [1.29, 1.82) is 0 Å². The Bertz CT molecular complexity index is 1030. The quantitative estimate of drug-likeness (QED) is 0.526. The Morgan fingerprint density at radius 1 is 0.862 bits per heavy atom. The van der Waals surface area contributed by atoms with E-state index in [4.69, 9.17) is 0 Å². The first-order valence-electron chi connectivity index (χ1n) is 9.39. The monoisotopic (exact) mass is 404 g/mol. The highest BCUT2D eigenvalue weighted by Gasteiger charge is 2.08. The van der Waals surface area contributed by atoms with Gasteiger partial charge in [-0.3, -0.25) is 9.59 Å². The molecule has 0 spiro atoms. The zero-order valence-corrected chi connectivity index (χ0v) is 17.6. The molecule has 0 heterocycles. The van der Waals surface area contributed by atoms with E-state index in [9.17, 15) is 9.59 Å². The molecule has 0 aliphatic rings. The van der Waals surface area contributed by atoms with Crippen LogP contribution in [0.2, 0.25) is 0 Å². The van der Waals surface area contributed by atoms with Gasteiger partial charge in [0.2, 0.25) is 5.91 Å². The maximum Gasteiger partial charge on any atom is 0.255 e. The summed E-state index contributed by atoms with van der Waals surface area (Å²) in [6.45, 7) is 5.99. The molecule has 0 saturated carbocycles. The van der Waals surface area contributed by atoms with E-state index < -0.39 is 0 Å². The Labute approximate surface area is 175 Å². The first-order chi connectivity index (χ1) is 13.9. The summed E-state index contributed by atoms with van der Waals surface area (Å²) >= 11 is 1.46. The summed E-state index contributed by atoms with van der Waals surface area (Å²) in [5.74, 6) is 0.144. The molecule has 3 aromatic rings. The van der Waals surface area contributed by atoms with E-state index in [0.29, 0.717) is 11.3 Å². The Morgan fingerprint density at radius 3 is 2.31 bits per heavy atom. The van der Waals surface area contributed by atoms with Crippen molar-refractivity contribution in [2.75, 3.05) is 16.4 Å². The predicted octanol–water partition coefficient (Wildman–Crippen LogP) is 5.59. The lowest BCUT2D eigenvalue weighted by Crippen LogP contribution is -2.15. The van der Waals surface area contributed by atoms with E-state index in [2.05, 4.69) is 10.6 Å². The van der Waals surface area contributed by atoms with E-state index >= 15 is 0 Å². The number of rotatable bonds is 6. The number of amides is 2. The van der Waals surface area contributed by atoms with Gasteiger partial charge in [-0.05, 0) is 74.4 Å². The van der Waals surface area contributed by atoms with Crippen LogP contribution in [0.15, 0.2) is 71.6 Å². The van der Waals surface area contributed by atoms with Crippen LogP contribution in [0.25, 0.3) is 0 Å². The normalized spacial score (nSPS) is 10.4. The highest BCUT2D eigenvalue weighted by atomic mass is 32.2. The van der Waals surface area contributed by atoms with Crippen LogP contribution < -0.4 is 10.6 Å². The standard InChI is InChI=1S/C24H24N2O2S/c1-16-6-4-8-19(14-16)24(28)25-20-10-12-21(13-11-20)29-15-23(27)26-22-9-5-7-17(2)18(22)3/h4-14H,15H2,1-3H3,(H,25,28)(H,26,27). The van der Waals surface area contributed by atoms with Crippen molar-refractivity contribution in [2.24, 2.45) is 0 Å². The molecule has 0 atom stereocenters. The van der Waals surface area contributed by atoms with Crippen LogP contribution in [-0.2, 0) is 4.79 Å². The third kappa shape index (κ3) is 5.72. The minimum atomic E-state index is -0.137. The first kappa shape index (κ1) is 20.7. The molecule has 0 unspecified atom stereocenters. The van der Waals surface area contributed by atoms with E-state index in [0.717, 1.165) is 33.0 Å². The molecular formula is C24H24N2O2S. The van der Waals surface area contributed by atoms with Crippen molar-refractivity contribution < 1.29 is 9.59 Å². The average Bonchev–Trinajstić information content (AvgIpc) is 2.71. The highest BCUT2D eigenvalue weighted by Crippen LogP contribution is 2.22. The minimum absolute atomic E-state index is 0.0412. The number of hydrogen-bond donors (Lipinski definition) is 2. The molecule has 2 N–H and O–H groups in total. The van der Waals surface area contributed by atoms with E-state index in [1.165, 1.54) is 11.8 Å². The van der Waals surface area contributed by atoms with Gasteiger partial charge in [-0.15, -0.1) is 11.8 Å². The van der Waals surface area contributed by atoms with Gasteiger partial charge in [0, 0.05) is 21.8 Å². The second-order valence-electron chi connectivity index (χ2n) is 6.93. The van der Waals surface area contributed by atoms with Gasteiger partial charge < -0.3 is 10.6 Å². The summed E-state index contributed by atoms with van der Waals surface area (Å²) in [4.78, 5) is 25.5. The topological polar surface area (TPSA) is 58.2 Å². The van der Waals surface area contributed by atoms with Gasteiger partial charge >= 0.3 is 0 Å². The van der Waals surface area contributed by atoms with Crippen LogP contribution in [0.4, 0.5) is 11.4 Å². The second-order valence-corrected chi connectivity index (χ2v) is 7.98. The average molecular weight is 405 g/mol. The number of nitrogens with one attached hydrogen (secondary N) is 2. The smallest absolute Gasteiger partial charge is 0.255 e. The summed E-state index contributed by atoms with van der Waals surface area (Å²) in [5.41, 5.74) is 5.49. The molecule has 0 saturated heterocycles. The number of aryl methyl sites for hydroxylation is 2. The molecule has 0 bridgehead atoms. The summed E-state index contributed by atoms with van der Waals surface area (Å²) in [5, 5.41) is 5.86. The lowest BCUT2D eigenvalue weighted by Gasteiger charge is -2.10. The summed E-state index contributed by atoms with van der Waals surface area (Å²) < 4.78 is 0. The Morgan fingerprint density at radius 2 is 1.59 bits per heavy atom. The van der Waals surface area contributed by atoms with E-state index in [1.54, 1.807) is 6.07 Å². The van der Waals surface area contributed by atoms with Gasteiger partial charge in [0.25, 0.3) is 5.91 Å². The second kappa shape index (κ2) is 9.43. The largest absolute Gasteiger partial charge is 0.325 e. The molecule has 0 aliphatic carbocycles. The predicted molar refractivity (Wildman–Crippen MR) is 121 cm³/mol. The summed E-state index contributed by atoms with van der Waals surface area (Å²) in [7, 11) is 0. The number of benzene rings is 3. The Balaban J connectivity index is 1.53. The molecule has 3 aromatic carbocycles. The lowest BCUT2D eigenvalue weighted by molar-refractivity contribution is -0.113. The van der Waals surface area contributed by atoms with Crippen molar-refractivity contribution in [3.63, 3.8) is 0 Å². The van der Waals surface area contributed by atoms with Crippen LogP contribution in [0.1, 0.15) is 27.0 Å². The highest BCUT2D eigenvalue weighted by molar-refractivity contribution is 8.00. The Kier molecular flexibility index (Phi) is 6.73.